The summed E-state index contributed by atoms with van der Waals surface area (Å²) < 4.78 is 18.7. The number of hydrogen-bond acceptors (Lipinski definition) is 2. The third-order valence-electron chi connectivity index (χ3n) is 3.98. The maximum atomic E-state index is 13.7. The smallest absolute Gasteiger partial charge is 0.131 e. The molecule has 1 atom stereocenters. The van der Waals surface area contributed by atoms with Crippen LogP contribution in [0.1, 0.15) is 38.2 Å². The summed E-state index contributed by atoms with van der Waals surface area (Å²) in [6, 6.07) is 5.51. The monoisotopic (exact) mass is 251 g/mol. The molecule has 1 N–H and O–H groups in total. The second-order valence-electron chi connectivity index (χ2n) is 5.17. The number of hydrogen-bond donors (Lipinski definition) is 1. The largest absolute Gasteiger partial charge is 0.497 e. The summed E-state index contributed by atoms with van der Waals surface area (Å²) in [6.45, 7) is 2.80. The van der Waals surface area contributed by atoms with Crippen molar-refractivity contribution in [1.29, 1.82) is 0 Å². The highest BCUT2D eigenvalue weighted by Crippen LogP contribution is 2.27. The minimum atomic E-state index is -0.194. The van der Waals surface area contributed by atoms with Gasteiger partial charge < -0.3 is 10.1 Å². The molecule has 0 heterocycles. The molecule has 3 heteroatoms. The molecule has 0 amide bonds. The molecule has 0 bridgehead atoms. The number of benzene rings is 1. The van der Waals surface area contributed by atoms with Gasteiger partial charge in [0.15, 0.2) is 0 Å². The summed E-state index contributed by atoms with van der Waals surface area (Å²) in [4.78, 5) is 0. The Bertz CT molecular complexity index is 388. The van der Waals surface area contributed by atoms with E-state index < -0.39 is 0 Å². The van der Waals surface area contributed by atoms with Gasteiger partial charge in [-0.05, 0) is 31.7 Å². The van der Waals surface area contributed by atoms with Crippen LogP contribution in [0, 0.1) is 11.7 Å². The molecule has 1 fully saturated rings. The zero-order chi connectivity index (χ0) is 13.0. The molecule has 18 heavy (non-hydrogen) atoms. The molecule has 0 radical (unpaired) electrons. The first-order valence-corrected chi connectivity index (χ1v) is 6.76. The first kappa shape index (κ1) is 13.3. The van der Waals surface area contributed by atoms with Crippen LogP contribution in [0.25, 0.3) is 0 Å². The van der Waals surface area contributed by atoms with Crippen molar-refractivity contribution in [3.05, 3.63) is 29.6 Å². The predicted molar refractivity (Wildman–Crippen MR) is 71.2 cm³/mol. The minimum absolute atomic E-state index is 0.194. The van der Waals surface area contributed by atoms with Crippen LogP contribution >= 0.6 is 0 Å². The Morgan fingerprint density at radius 3 is 2.72 bits per heavy atom. The third-order valence-corrected chi connectivity index (χ3v) is 3.98. The van der Waals surface area contributed by atoms with E-state index in [0.717, 1.165) is 5.92 Å². The highest BCUT2D eigenvalue weighted by molar-refractivity contribution is 5.28. The summed E-state index contributed by atoms with van der Waals surface area (Å²) in [5.41, 5.74) is 0.709. The minimum Gasteiger partial charge on any atom is -0.497 e. The van der Waals surface area contributed by atoms with Crippen molar-refractivity contribution in [2.75, 3.05) is 7.11 Å². The lowest BCUT2D eigenvalue weighted by Gasteiger charge is -2.20. The van der Waals surface area contributed by atoms with Crippen molar-refractivity contribution < 1.29 is 9.13 Å². The number of ether oxygens (including phenoxy) is 1. The molecule has 1 aromatic rings. The molecule has 2 nitrogen and oxygen atoms in total. The molecule has 2 rings (SSSR count). The standard InChI is InChI=1S/C15H22FNO/c1-11(12-5-3-4-6-12)17-10-13-7-8-14(18-2)9-15(13)16/h7-9,11-12,17H,3-6,10H2,1-2H3. The van der Waals surface area contributed by atoms with Crippen LogP contribution in [-0.2, 0) is 6.54 Å². The summed E-state index contributed by atoms with van der Waals surface area (Å²) in [7, 11) is 1.55. The average molecular weight is 251 g/mol. The molecule has 1 aromatic carbocycles. The van der Waals surface area contributed by atoms with Crippen molar-refractivity contribution in [3.63, 3.8) is 0 Å². The molecular weight excluding hydrogens is 229 g/mol. The van der Waals surface area contributed by atoms with Gasteiger partial charge in [0.2, 0.25) is 0 Å². The first-order valence-electron chi connectivity index (χ1n) is 6.76. The van der Waals surface area contributed by atoms with E-state index in [4.69, 9.17) is 4.74 Å². The Balaban J connectivity index is 1.89. The van der Waals surface area contributed by atoms with E-state index in [-0.39, 0.29) is 5.82 Å². The van der Waals surface area contributed by atoms with Crippen molar-refractivity contribution in [2.24, 2.45) is 5.92 Å². The maximum absolute atomic E-state index is 13.7. The zero-order valence-corrected chi connectivity index (χ0v) is 11.2. The highest BCUT2D eigenvalue weighted by atomic mass is 19.1. The lowest BCUT2D eigenvalue weighted by Crippen LogP contribution is -2.32. The van der Waals surface area contributed by atoms with Crippen LogP contribution in [0.5, 0.6) is 5.75 Å². The number of methoxy groups -OCH3 is 1. The number of halogens is 1. The zero-order valence-electron chi connectivity index (χ0n) is 11.2. The Morgan fingerprint density at radius 2 is 2.11 bits per heavy atom. The second kappa shape index (κ2) is 6.19. The molecule has 0 aromatic heterocycles. The van der Waals surface area contributed by atoms with Gasteiger partial charge in [-0.25, -0.2) is 4.39 Å². The number of nitrogens with one attached hydrogen (secondary N) is 1. The molecule has 100 valence electrons. The fraction of sp³-hybridized carbons (Fsp3) is 0.600. The third kappa shape index (κ3) is 3.22. The Morgan fingerprint density at radius 1 is 1.39 bits per heavy atom. The molecular formula is C15H22FNO. The van der Waals surface area contributed by atoms with E-state index in [1.54, 1.807) is 19.2 Å². The van der Waals surface area contributed by atoms with E-state index in [9.17, 15) is 4.39 Å². The van der Waals surface area contributed by atoms with E-state index in [1.165, 1.54) is 31.7 Å². The lowest BCUT2D eigenvalue weighted by molar-refractivity contribution is 0.377. The van der Waals surface area contributed by atoms with E-state index in [1.807, 2.05) is 0 Å². The lowest BCUT2D eigenvalue weighted by atomic mass is 9.99. The Labute approximate surface area is 109 Å². The fourth-order valence-corrected chi connectivity index (χ4v) is 2.69. The van der Waals surface area contributed by atoms with Crippen LogP contribution < -0.4 is 10.1 Å². The fourth-order valence-electron chi connectivity index (χ4n) is 2.69. The van der Waals surface area contributed by atoms with Crippen LogP contribution in [0.4, 0.5) is 4.39 Å². The molecule has 0 saturated heterocycles. The van der Waals surface area contributed by atoms with Crippen molar-refractivity contribution in [2.45, 2.75) is 45.2 Å². The summed E-state index contributed by atoms with van der Waals surface area (Å²) in [5, 5.41) is 3.44. The van der Waals surface area contributed by atoms with Gasteiger partial charge in [0, 0.05) is 24.2 Å². The molecule has 1 aliphatic rings. The van der Waals surface area contributed by atoms with Gasteiger partial charge >= 0.3 is 0 Å². The molecule has 1 aliphatic carbocycles. The van der Waals surface area contributed by atoms with Crippen molar-refractivity contribution >= 4 is 0 Å². The topological polar surface area (TPSA) is 21.3 Å². The van der Waals surface area contributed by atoms with Crippen molar-refractivity contribution in [3.8, 4) is 5.75 Å². The van der Waals surface area contributed by atoms with Gasteiger partial charge in [-0.1, -0.05) is 18.9 Å². The quantitative estimate of drug-likeness (QED) is 0.864. The van der Waals surface area contributed by atoms with E-state index in [2.05, 4.69) is 12.2 Å². The highest BCUT2D eigenvalue weighted by Gasteiger charge is 2.21. The summed E-state index contributed by atoms with van der Waals surface area (Å²) in [6.07, 6.45) is 5.29. The van der Waals surface area contributed by atoms with Crippen LogP contribution in [0.3, 0.4) is 0 Å². The van der Waals surface area contributed by atoms with Crippen LogP contribution in [0.15, 0.2) is 18.2 Å². The molecule has 1 saturated carbocycles. The van der Waals surface area contributed by atoms with Gasteiger partial charge in [-0.3, -0.25) is 0 Å². The van der Waals surface area contributed by atoms with E-state index >= 15 is 0 Å². The van der Waals surface area contributed by atoms with Gasteiger partial charge in [-0.15, -0.1) is 0 Å². The van der Waals surface area contributed by atoms with Gasteiger partial charge in [0.1, 0.15) is 11.6 Å². The maximum Gasteiger partial charge on any atom is 0.131 e. The van der Waals surface area contributed by atoms with Crippen molar-refractivity contribution in [1.82, 2.24) is 5.32 Å². The SMILES string of the molecule is COc1ccc(CNC(C)C2CCCC2)c(F)c1. The average Bonchev–Trinajstić information content (AvgIpc) is 2.90. The summed E-state index contributed by atoms with van der Waals surface area (Å²) in [5.74, 6) is 1.13. The van der Waals surface area contributed by atoms with Gasteiger partial charge in [0.25, 0.3) is 0 Å². The normalized spacial score (nSPS) is 17.9. The van der Waals surface area contributed by atoms with Crippen LogP contribution in [0.2, 0.25) is 0 Å². The second-order valence-corrected chi connectivity index (χ2v) is 5.17. The Kier molecular flexibility index (Phi) is 4.59. The first-order chi connectivity index (χ1) is 8.70. The molecule has 0 aliphatic heterocycles. The Hall–Kier alpha value is -1.09. The molecule has 1 unspecified atom stereocenters. The van der Waals surface area contributed by atoms with Gasteiger partial charge in [0.05, 0.1) is 7.11 Å². The van der Waals surface area contributed by atoms with E-state index in [0.29, 0.717) is 23.9 Å². The number of rotatable bonds is 5. The van der Waals surface area contributed by atoms with Crippen LogP contribution in [-0.4, -0.2) is 13.2 Å². The summed E-state index contributed by atoms with van der Waals surface area (Å²) >= 11 is 0. The predicted octanol–water partition coefficient (Wildman–Crippen LogP) is 3.50. The molecule has 0 spiro atoms. The van der Waals surface area contributed by atoms with Gasteiger partial charge in [-0.2, -0.15) is 0 Å².